The Labute approximate surface area is 84.1 Å². The average Bonchev–Trinajstić information content (AvgIpc) is 2.83. The van der Waals surface area contributed by atoms with E-state index in [4.69, 9.17) is 5.73 Å². The number of halogens is 1. The molecule has 0 bridgehead atoms. The van der Waals surface area contributed by atoms with E-state index in [1.165, 1.54) is 11.6 Å². The zero-order chi connectivity index (χ0) is 10.2. The van der Waals surface area contributed by atoms with E-state index in [-0.39, 0.29) is 11.4 Å². The fraction of sp³-hybridized carbons (Fsp3) is 0.500. The maximum Gasteiger partial charge on any atom is 0.123 e. The quantitative estimate of drug-likeness (QED) is 0.784. The maximum absolute atomic E-state index is 12.8. The van der Waals surface area contributed by atoms with E-state index in [2.05, 4.69) is 0 Å². The highest BCUT2D eigenvalue weighted by Crippen LogP contribution is 2.36. The Kier molecular flexibility index (Phi) is 2.31. The number of rotatable bonds is 3. The summed E-state index contributed by atoms with van der Waals surface area (Å²) in [6, 6.07) is 4.99. The zero-order valence-electron chi connectivity index (χ0n) is 8.52. The van der Waals surface area contributed by atoms with Gasteiger partial charge in [0.15, 0.2) is 0 Å². The van der Waals surface area contributed by atoms with Crippen molar-refractivity contribution in [3.05, 3.63) is 35.1 Å². The summed E-state index contributed by atoms with van der Waals surface area (Å²) in [5, 5.41) is 0. The van der Waals surface area contributed by atoms with Crippen LogP contribution >= 0.6 is 0 Å². The second-order valence-corrected chi connectivity index (χ2v) is 4.43. The maximum atomic E-state index is 12.8. The van der Waals surface area contributed by atoms with Crippen LogP contribution in [-0.4, -0.2) is 5.54 Å². The van der Waals surface area contributed by atoms with E-state index < -0.39 is 0 Å². The van der Waals surface area contributed by atoms with Gasteiger partial charge in [-0.1, -0.05) is 6.07 Å². The zero-order valence-corrected chi connectivity index (χ0v) is 8.52. The fourth-order valence-corrected chi connectivity index (χ4v) is 1.73. The van der Waals surface area contributed by atoms with Gasteiger partial charge in [0, 0.05) is 5.54 Å². The first kappa shape index (κ1) is 9.66. The van der Waals surface area contributed by atoms with Crippen LogP contribution in [0.25, 0.3) is 0 Å². The predicted octanol–water partition coefficient (Wildman–Crippen LogP) is 2.56. The lowest BCUT2D eigenvalue weighted by Crippen LogP contribution is -2.22. The summed E-state index contributed by atoms with van der Waals surface area (Å²) in [5.41, 5.74) is 8.36. The summed E-state index contributed by atoms with van der Waals surface area (Å²) < 4.78 is 12.8. The fourth-order valence-electron chi connectivity index (χ4n) is 1.73. The molecular weight excluding hydrogens is 177 g/mol. The van der Waals surface area contributed by atoms with Crippen LogP contribution in [-0.2, 0) is 6.42 Å². The van der Waals surface area contributed by atoms with E-state index in [1.54, 1.807) is 6.07 Å². The second-order valence-electron chi connectivity index (χ2n) is 4.43. The van der Waals surface area contributed by atoms with Crippen molar-refractivity contribution in [1.29, 1.82) is 0 Å². The molecular formula is C12H16FN. The molecule has 0 heterocycles. The van der Waals surface area contributed by atoms with E-state index in [1.807, 2.05) is 13.0 Å². The van der Waals surface area contributed by atoms with Gasteiger partial charge in [0.2, 0.25) is 0 Å². The van der Waals surface area contributed by atoms with E-state index >= 15 is 0 Å². The number of nitrogens with two attached hydrogens (primary N) is 1. The van der Waals surface area contributed by atoms with E-state index in [0.717, 1.165) is 31.2 Å². The summed E-state index contributed by atoms with van der Waals surface area (Å²) in [6.07, 6.45) is 4.29. The molecule has 0 radical (unpaired) electrons. The number of aryl methyl sites for hydroxylation is 2. The molecule has 1 aromatic rings. The predicted molar refractivity (Wildman–Crippen MR) is 55.6 cm³/mol. The summed E-state index contributed by atoms with van der Waals surface area (Å²) in [4.78, 5) is 0. The number of hydrogen-bond donors (Lipinski definition) is 1. The third-order valence-corrected chi connectivity index (χ3v) is 3.09. The molecule has 1 aliphatic carbocycles. The van der Waals surface area contributed by atoms with Crippen LogP contribution in [0.1, 0.15) is 30.4 Å². The highest BCUT2D eigenvalue weighted by Gasteiger charge is 2.37. The molecule has 76 valence electrons. The van der Waals surface area contributed by atoms with Crippen molar-refractivity contribution in [2.45, 2.75) is 38.1 Å². The Hall–Kier alpha value is -0.890. The van der Waals surface area contributed by atoms with Gasteiger partial charge in [-0.15, -0.1) is 0 Å². The monoisotopic (exact) mass is 193 g/mol. The van der Waals surface area contributed by atoms with E-state index in [9.17, 15) is 4.39 Å². The molecule has 2 N–H and O–H groups in total. The standard InChI is InChI=1S/C12H16FN/c1-9-8-11(13)3-2-10(9)4-5-12(14)6-7-12/h2-3,8H,4-7,14H2,1H3. The second kappa shape index (κ2) is 3.35. The summed E-state index contributed by atoms with van der Waals surface area (Å²) in [7, 11) is 0. The van der Waals surface area contributed by atoms with Crippen LogP contribution in [0.3, 0.4) is 0 Å². The van der Waals surface area contributed by atoms with Crippen LogP contribution in [0.2, 0.25) is 0 Å². The van der Waals surface area contributed by atoms with Crippen molar-refractivity contribution in [3.63, 3.8) is 0 Å². The van der Waals surface area contributed by atoms with Crippen LogP contribution in [0.4, 0.5) is 4.39 Å². The highest BCUT2D eigenvalue weighted by molar-refractivity contribution is 5.27. The molecule has 2 heteroatoms. The van der Waals surface area contributed by atoms with Gasteiger partial charge in [-0.05, 0) is 55.9 Å². The lowest BCUT2D eigenvalue weighted by molar-refractivity contribution is 0.603. The molecule has 0 unspecified atom stereocenters. The molecule has 1 aromatic carbocycles. The van der Waals surface area contributed by atoms with Gasteiger partial charge >= 0.3 is 0 Å². The lowest BCUT2D eigenvalue weighted by Gasteiger charge is -2.10. The average molecular weight is 193 g/mol. The van der Waals surface area contributed by atoms with Gasteiger partial charge in [0.25, 0.3) is 0 Å². The summed E-state index contributed by atoms with van der Waals surface area (Å²) in [6.45, 7) is 1.95. The molecule has 14 heavy (non-hydrogen) atoms. The van der Waals surface area contributed by atoms with Gasteiger partial charge in [0.1, 0.15) is 5.82 Å². The first-order valence-electron chi connectivity index (χ1n) is 5.13. The van der Waals surface area contributed by atoms with Crippen molar-refractivity contribution >= 4 is 0 Å². The number of benzene rings is 1. The molecule has 1 saturated carbocycles. The molecule has 1 nitrogen and oxygen atoms in total. The van der Waals surface area contributed by atoms with Crippen molar-refractivity contribution in [1.82, 2.24) is 0 Å². The molecule has 0 atom stereocenters. The van der Waals surface area contributed by atoms with Crippen LogP contribution in [0.5, 0.6) is 0 Å². The molecule has 1 fully saturated rings. The molecule has 0 spiro atoms. The van der Waals surface area contributed by atoms with E-state index in [0.29, 0.717) is 0 Å². The minimum Gasteiger partial charge on any atom is -0.325 e. The van der Waals surface area contributed by atoms with Gasteiger partial charge in [-0.2, -0.15) is 0 Å². The van der Waals surface area contributed by atoms with Crippen molar-refractivity contribution in [2.75, 3.05) is 0 Å². The minimum absolute atomic E-state index is 0.0980. The Balaban J connectivity index is 2.02. The largest absolute Gasteiger partial charge is 0.325 e. The van der Waals surface area contributed by atoms with Crippen molar-refractivity contribution in [2.24, 2.45) is 5.73 Å². The Bertz CT molecular complexity index is 342. The van der Waals surface area contributed by atoms with Gasteiger partial charge in [-0.3, -0.25) is 0 Å². The molecule has 0 amide bonds. The highest BCUT2D eigenvalue weighted by atomic mass is 19.1. The Morgan fingerprint density at radius 2 is 2.14 bits per heavy atom. The molecule has 1 aliphatic rings. The molecule has 0 aliphatic heterocycles. The smallest absolute Gasteiger partial charge is 0.123 e. The van der Waals surface area contributed by atoms with Gasteiger partial charge in [0.05, 0.1) is 0 Å². The topological polar surface area (TPSA) is 26.0 Å². The van der Waals surface area contributed by atoms with Crippen molar-refractivity contribution < 1.29 is 4.39 Å². The first-order chi connectivity index (χ1) is 6.59. The lowest BCUT2D eigenvalue weighted by atomic mass is 10.0. The molecule has 2 rings (SSSR count). The van der Waals surface area contributed by atoms with Gasteiger partial charge in [-0.25, -0.2) is 4.39 Å². The Morgan fingerprint density at radius 1 is 1.43 bits per heavy atom. The van der Waals surface area contributed by atoms with Crippen LogP contribution in [0.15, 0.2) is 18.2 Å². The molecule has 0 aromatic heterocycles. The van der Waals surface area contributed by atoms with Crippen molar-refractivity contribution in [3.8, 4) is 0 Å². The minimum atomic E-state index is -0.153. The van der Waals surface area contributed by atoms with Crippen LogP contribution < -0.4 is 5.73 Å². The number of hydrogen-bond acceptors (Lipinski definition) is 1. The SMILES string of the molecule is Cc1cc(F)ccc1CCC1(N)CC1. The Morgan fingerprint density at radius 3 is 2.71 bits per heavy atom. The summed E-state index contributed by atoms with van der Waals surface area (Å²) in [5.74, 6) is -0.153. The normalized spacial score (nSPS) is 18.2. The summed E-state index contributed by atoms with van der Waals surface area (Å²) >= 11 is 0. The van der Waals surface area contributed by atoms with Gasteiger partial charge < -0.3 is 5.73 Å². The van der Waals surface area contributed by atoms with Crippen LogP contribution in [0, 0.1) is 12.7 Å². The molecule has 0 saturated heterocycles. The first-order valence-corrected chi connectivity index (χ1v) is 5.13. The third kappa shape index (κ3) is 2.13. The third-order valence-electron chi connectivity index (χ3n) is 3.09.